The minimum atomic E-state index is -4.62. The van der Waals surface area contributed by atoms with Gasteiger partial charge >= 0.3 is 6.18 Å². The van der Waals surface area contributed by atoms with Gasteiger partial charge in [0.05, 0.1) is 5.56 Å². The van der Waals surface area contributed by atoms with Crippen molar-refractivity contribution in [1.29, 1.82) is 0 Å². The number of alkyl halides is 3. The van der Waals surface area contributed by atoms with E-state index in [0.717, 1.165) is 34.9 Å². The van der Waals surface area contributed by atoms with E-state index >= 15 is 0 Å². The molecule has 2 atom stereocenters. The number of carbonyl (C=O) groups is 1. The normalized spacial score (nSPS) is 19.9. The van der Waals surface area contributed by atoms with Crippen molar-refractivity contribution >= 4 is 5.91 Å². The maximum absolute atomic E-state index is 13.6. The summed E-state index contributed by atoms with van der Waals surface area (Å²) in [4.78, 5) is 12.6. The Bertz CT molecular complexity index is 1190. The standard InChI is InChI=1S/C26H25F3N2O2/c1-16-6-5-7-17(12-16)15-31-23-13-18-8-3-4-9-21(18)25(23,33)22-14-19(26(27,28)29)10-11-20(22)24(32)30-2/h3-12,14,23,31,33H,13,15H2,1-2H3,(H,30,32). The van der Waals surface area contributed by atoms with E-state index in [-0.39, 0.29) is 11.1 Å². The highest BCUT2D eigenvalue weighted by molar-refractivity contribution is 5.96. The minimum Gasteiger partial charge on any atom is -0.379 e. The van der Waals surface area contributed by atoms with Gasteiger partial charge in [-0.3, -0.25) is 4.79 Å². The molecule has 33 heavy (non-hydrogen) atoms. The Morgan fingerprint density at radius 1 is 1.06 bits per heavy atom. The Balaban J connectivity index is 1.84. The molecule has 0 bridgehead atoms. The van der Waals surface area contributed by atoms with Crippen LogP contribution in [0.15, 0.2) is 66.7 Å². The van der Waals surface area contributed by atoms with Gasteiger partial charge in [0.25, 0.3) is 5.91 Å². The Morgan fingerprint density at radius 2 is 1.82 bits per heavy atom. The molecule has 0 saturated carbocycles. The molecule has 0 heterocycles. The van der Waals surface area contributed by atoms with Crippen molar-refractivity contribution in [3.63, 3.8) is 0 Å². The number of aryl methyl sites for hydroxylation is 1. The SMILES string of the molecule is CNC(=O)c1ccc(C(F)(F)F)cc1C1(O)c2ccccc2CC1NCc1cccc(C)c1. The van der Waals surface area contributed by atoms with Gasteiger partial charge in [-0.15, -0.1) is 0 Å². The summed E-state index contributed by atoms with van der Waals surface area (Å²) in [5.41, 5.74) is 0.584. The van der Waals surface area contributed by atoms with Crippen LogP contribution in [0, 0.1) is 6.92 Å². The number of aliphatic hydroxyl groups is 1. The van der Waals surface area contributed by atoms with Crippen LogP contribution in [0.5, 0.6) is 0 Å². The summed E-state index contributed by atoms with van der Waals surface area (Å²) in [6.07, 6.45) is -4.21. The molecule has 3 aromatic rings. The first-order valence-electron chi connectivity index (χ1n) is 10.7. The molecule has 0 spiro atoms. The average Bonchev–Trinajstić information content (AvgIpc) is 3.09. The lowest BCUT2D eigenvalue weighted by atomic mass is 9.81. The molecule has 2 unspecified atom stereocenters. The second-order valence-corrected chi connectivity index (χ2v) is 8.39. The predicted molar refractivity (Wildman–Crippen MR) is 120 cm³/mol. The van der Waals surface area contributed by atoms with Gasteiger partial charge in [-0.1, -0.05) is 54.1 Å². The first-order valence-corrected chi connectivity index (χ1v) is 10.7. The lowest BCUT2D eigenvalue weighted by molar-refractivity contribution is -0.137. The van der Waals surface area contributed by atoms with Gasteiger partial charge in [-0.05, 0) is 48.2 Å². The van der Waals surface area contributed by atoms with Crippen LogP contribution in [0.3, 0.4) is 0 Å². The van der Waals surface area contributed by atoms with E-state index in [1.807, 2.05) is 43.3 Å². The molecule has 4 rings (SSSR count). The average molecular weight is 454 g/mol. The van der Waals surface area contributed by atoms with Crippen LogP contribution in [0.1, 0.15) is 43.7 Å². The highest BCUT2D eigenvalue weighted by atomic mass is 19.4. The Morgan fingerprint density at radius 3 is 2.52 bits per heavy atom. The molecule has 0 aromatic heterocycles. The zero-order valence-corrected chi connectivity index (χ0v) is 18.3. The largest absolute Gasteiger partial charge is 0.416 e. The smallest absolute Gasteiger partial charge is 0.379 e. The van der Waals surface area contributed by atoms with Crippen LogP contribution < -0.4 is 10.6 Å². The fourth-order valence-electron chi connectivity index (χ4n) is 4.61. The fraction of sp³-hybridized carbons (Fsp3) is 0.269. The quantitative estimate of drug-likeness (QED) is 0.538. The molecule has 0 saturated heterocycles. The molecule has 172 valence electrons. The number of amides is 1. The molecule has 0 fully saturated rings. The number of hydrogen-bond acceptors (Lipinski definition) is 3. The third-order valence-electron chi connectivity index (χ3n) is 6.22. The molecular formula is C26H25F3N2O2. The summed E-state index contributed by atoms with van der Waals surface area (Å²) in [6.45, 7) is 2.39. The van der Waals surface area contributed by atoms with Gasteiger partial charge in [-0.2, -0.15) is 13.2 Å². The summed E-state index contributed by atoms with van der Waals surface area (Å²) in [6, 6.07) is 17.2. The third-order valence-corrected chi connectivity index (χ3v) is 6.22. The molecule has 3 aromatic carbocycles. The maximum Gasteiger partial charge on any atom is 0.416 e. The molecule has 3 N–H and O–H groups in total. The summed E-state index contributed by atoms with van der Waals surface area (Å²) in [7, 11) is 1.41. The van der Waals surface area contributed by atoms with E-state index in [1.165, 1.54) is 7.05 Å². The topological polar surface area (TPSA) is 61.4 Å². The van der Waals surface area contributed by atoms with Gasteiger partial charge in [0.2, 0.25) is 0 Å². The summed E-state index contributed by atoms with van der Waals surface area (Å²) >= 11 is 0. The monoisotopic (exact) mass is 454 g/mol. The van der Waals surface area contributed by atoms with Crippen LogP contribution >= 0.6 is 0 Å². The highest BCUT2D eigenvalue weighted by Crippen LogP contribution is 2.45. The number of rotatable bonds is 5. The minimum absolute atomic E-state index is 0.00654. The second-order valence-electron chi connectivity index (χ2n) is 8.39. The lowest BCUT2D eigenvalue weighted by Crippen LogP contribution is -2.47. The number of nitrogens with one attached hydrogen (secondary N) is 2. The van der Waals surface area contributed by atoms with E-state index in [1.54, 1.807) is 12.1 Å². The van der Waals surface area contributed by atoms with Crippen LogP contribution in [-0.4, -0.2) is 24.1 Å². The maximum atomic E-state index is 13.6. The molecule has 7 heteroatoms. The van der Waals surface area contributed by atoms with Gasteiger partial charge in [-0.25, -0.2) is 0 Å². The Hall–Kier alpha value is -3.16. The van der Waals surface area contributed by atoms with E-state index in [0.29, 0.717) is 18.5 Å². The third kappa shape index (κ3) is 4.26. The van der Waals surface area contributed by atoms with E-state index in [2.05, 4.69) is 10.6 Å². The van der Waals surface area contributed by atoms with Gasteiger partial charge in [0.15, 0.2) is 0 Å². The highest BCUT2D eigenvalue weighted by Gasteiger charge is 2.49. The van der Waals surface area contributed by atoms with Crippen molar-refractivity contribution in [2.45, 2.75) is 37.7 Å². The van der Waals surface area contributed by atoms with E-state index in [9.17, 15) is 23.1 Å². The van der Waals surface area contributed by atoms with Crippen LogP contribution in [0.2, 0.25) is 0 Å². The van der Waals surface area contributed by atoms with Crippen LogP contribution in [-0.2, 0) is 24.7 Å². The first-order chi connectivity index (χ1) is 15.6. The first kappa shape index (κ1) is 23.0. The zero-order valence-electron chi connectivity index (χ0n) is 18.3. The van der Waals surface area contributed by atoms with Gasteiger partial charge in [0, 0.05) is 30.8 Å². The van der Waals surface area contributed by atoms with Crippen molar-refractivity contribution in [2.24, 2.45) is 0 Å². The summed E-state index contributed by atoms with van der Waals surface area (Å²) < 4.78 is 40.8. The molecular weight excluding hydrogens is 429 g/mol. The van der Waals surface area contributed by atoms with Gasteiger partial charge < -0.3 is 15.7 Å². The molecule has 1 amide bonds. The van der Waals surface area contributed by atoms with Crippen molar-refractivity contribution in [1.82, 2.24) is 10.6 Å². The van der Waals surface area contributed by atoms with Crippen molar-refractivity contribution < 1.29 is 23.1 Å². The van der Waals surface area contributed by atoms with Crippen LogP contribution in [0.25, 0.3) is 0 Å². The lowest BCUT2D eigenvalue weighted by Gasteiger charge is -2.34. The van der Waals surface area contributed by atoms with Crippen molar-refractivity contribution in [2.75, 3.05) is 7.05 Å². The Kier molecular flexibility index (Phi) is 6.03. The van der Waals surface area contributed by atoms with Crippen LogP contribution in [0.4, 0.5) is 13.2 Å². The fourth-order valence-corrected chi connectivity index (χ4v) is 4.61. The number of hydrogen-bond donors (Lipinski definition) is 3. The van der Waals surface area contributed by atoms with Crippen molar-refractivity contribution in [3.05, 3.63) is 106 Å². The van der Waals surface area contributed by atoms with Gasteiger partial charge in [0.1, 0.15) is 5.60 Å². The summed E-state index contributed by atoms with van der Waals surface area (Å²) in [5, 5.41) is 17.9. The Labute approximate surface area is 190 Å². The number of fused-ring (bicyclic) bond motifs is 1. The second kappa shape index (κ2) is 8.65. The number of carbonyl (C=O) groups excluding carboxylic acids is 1. The molecule has 4 nitrogen and oxygen atoms in total. The molecule has 0 aliphatic heterocycles. The zero-order chi connectivity index (χ0) is 23.8. The molecule has 1 aliphatic carbocycles. The van der Waals surface area contributed by atoms with Crippen molar-refractivity contribution in [3.8, 4) is 0 Å². The number of benzene rings is 3. The molecule has 1 aliphatic rings. The predicted octanol–water partition coefficient (Wildman–Crippen LogP) is 4.32. The number of halogens is 3. The molecule has 0 radical (unpaired) electrons. The van der Waals surface area contributed by atoms with E-state index < -0.39 is 29.3 Å². The van der Waals surface area contributed by atoms with E-state index in [4.69, 9.17) is 0 Å². The summed E-state index contributed by atoms with van der Waals surface area (Å²) in [5.74, 6) is -0.561.